The van der Waals surface area contributed by atoms with Crippen molar-refractivity contribution < 1.29 is 4.39 Å². The molecular weight excluding hydrogens is 227 g/mol. The number of hydrazine groups is 1. The molecule has 18 heavy (non-hydrogen) atoms. The first-order chi connectivity index (χ1) is 8.70. The van der Waals surface area contributed by atoms with Crippen LogP contribution in [0.1, 0.15) is 55.7 Å². The van der Waals surface area contributed by atoms with Gasteiger partial charge in [-0.15, -0.1) is 0 Å². The van der Waals surface area contributed by atoms with Crippen LogP contribution in [0.4, 0.5) is 4.39 Å². The maximum Gasteiger partial charge on any atom is 0.123 e. The van der Waals surface area contributed by atoms with Gasteiger partial charge in [-0.05, 0) is 42.5 Å². The van der Waals surface area contributed by atoms with Crippen LogP contribution in [-0.2, 0) is 0 Å². The van der Waals surface area contributed by atoms with E-state index in [-0.39, 0.29) is 11.9 Å². The molecule has 1 saturated carbocycles. The van der Waals surface area contributed by atoms with E-state index in [4.69, 9.17) is 5.84 Å². The van der Waals surface area contributed by atoms with Gasteiger partial charge in [-0.1, -0.05) is 38.2 Å². The molecule has 0 aliphatic heterocycles. The molecule has 1 unspecified atom stereocenters. The quantitative estimate of drug-likeness (QED) is 0.633. The highest BCUT2D eigenvalue weighted by Crippen LogP contribution is 2.32. The number of nitrogens with one attached hydrogen (secondary N) is 1. The van der Waals surface area contributed by atoms with Crippen LogP contribution in [0.15, 0.2) is 18.2 Å². The Morgan fingerprint density at radius 2 is 2.06 bits per heavy atom. The zero-order valence-electron chi connectivity index (χ0n) is 11.1. The molecule has 1 aromatic rings. The highest BCUT2D eigenvalue weighted by Gasteiger charge is 2.20. The van der Waals surface area contributed by atoms with E-state index in [9.17, 15) is 4.39 Å². The summed E-state index contributed by atoms with van der Waals surface area (Å²) in [5, 5.41) is 0. The summed E-state index contributed by atoms with van der Waals surface area (Å²) in [5.41, 5.74) is 5.01. The fourth-order valence-electron chi connectivity index (χ4n) is 3.07. The van der Waals surface area contributed by atoms with E-state index in [0.717, 1.165) is 23.5 Å². The van der Waals surface area contributed by atoms with Crippen molar-refractivity contribution in [3.8, 4) is 0 Å². The molecular formula is C15H23FN2. The molecule has 3 N–H and O–H groups in total. The predicted octanol–water partition coefficient (Wildman–Crippen LogP) is 3.61. The van der Waals surface area contributed by atoms with E-state index < -0.39 is 0 Å². The van der Waals surface area contributed by atoms with Crippen LogP contribution in [0.2, 0.25) is 0 Å². The fraction of sp³-hybridized carbons (Fsp3) is 0.600. The van der Waals surface area contributed by atoms with Gasteiger partial charge in [0.1, 0.15) is 5.82 Å². The number of rotatable bonds is 4. The number of benzene rings is 1. The highest BCUT2D eigenvalue weighted by atomic mass is 19.1. The maximum atomic E-state index is 13.1. The summed E-state index contributed by atoms with van der Waals surface area (Å²) < 4.78 is 13.1. The minimum absolute atomic E-state index is 0.147. The second-order valence-electron chi connectivity index (χ2n) is 5.46. The average Bonchev–Trinajstić information content (AvgIpc) is 2.38. The Hall–Kier alpha value is -0.930. The summed E-state index contributed by atoms with van der Waals surface area (Å²) in [5.74, 6) is 6.26. The number of hydrogen-bond donors (Lipinski definition) is 2. The zero-order chi connectivity index (χ0) is 13.0. The van der Waals surface area contributed by atoms with Crippen molar-refractivity contribution in [1.29, 1.82) is 0 Å². The first-order valence-corrected chi connectivity index (χ1v) is 6.93. The van der Waals surface area contributed by atoms with Gasteiger partial charge in [0.15, 0.2) is 0 Å². The second kappa shape index (κ2) is 6.30. The summed E-state index contributed by atoms with van der Waals surface area (Å²) in [4.78, 5) is 0. The third-order valence-corrected chi connectivity index (χ3v) is 4.10. The maximum absolute atomic E-state index is 13.1. The van der Waals surface area contributed by atoms with Gasteiger partial charge in [0.2, 0.25) is 0 Å². The van der Waals surface area contributed by atoms with Crippen molar-refractivity contribution in [3.05, 3.63) is 35.1 Å². The molecule has 0 saturated heterocycles. The Morgan fingerprint density at radius 3 is 2.67 bits per heavy atom. The van der Waals surface area contributed by atoms with Gasteiger partial charge in [-0.2, -0.15) is 0 Å². The van der Waals surface area contributed by atoms with Gasteiger partial charge in [0, 0.05) is 6.04 Å². The summed E-state index contributed by atoms with van der Waals surface area (Å²) in [7, 11) is 0. The molecule has 0 spiro atoms. The third kappa shape index (κ3) is 3.30. The lowest BCUT2D eigenvalue weighted by molar-refractivity contribution is 0.300. The Kier molecular flexibility index (Phi) is 4.72. The Bertz CT molecular complexity index is 386. The molecule has 0 aromatic heterocycles. The molecule has 2 nitrogen and oxygen atoms in total. The van der Waals surface area contributed by atoms with Crippen LogP contribution >= 0.6 is 0 Å². The molecule has 1 fully saturated rings. The van der Waals surface area contributed by atoms with Crippen molar-refractivity contribution in [2.24, 2.45) is 11.8 Å². The first kappa shape index (κ1) is 13.5. The average molecular weight is 250 g/mol. The van der Waals surface area contributed by atoms with E-state index in [1.807, 2.05) is 13.0 Å². The molecule has 0 amide bonds. The second-order valence-corrected chi connectivity index (χ2v) is 5.46. The van der Waals surface area contributed by atoms with Crippen molar-refractivity contribution in [2.45, 2.75) is 51.5 Å². The minimum Gasteiger partial charge on any atom is -0.271 e. The van der Waals surface area contributed by atoms with Crippen molar-refractivity contribution in [3.63, 3.8) is 0 Å². The number of hydrogen-bond acceptors (Lipinski definition) is 2. The molecule has 3 heteroatoms. The van der Waals surface area contributed by atoms with Crippen LogP contribution in [0.25, 0.3) is 0 Å². The molecule has 1 aliphatic carbocycles. The molecule has 0 bridgehead atoms. The predicted molar refractivity (Wildman–Crippen MR) is 72.4 cm³/mol. The zero-order valence-corrected chi connectivity index (χ0v) is 11.1. The van der Waals surface area contributed by atoms with Gasteiger partial charge < -0.3 is 0 Å². The molecule has 100 valence electrons. The summed E-state index contributed by atoms with van der Waals surface area (Å²) in [6.45, 7) is 1.95. The Balaban J connectivity index is 2.07. The molecule has 1 aromatic carbocycles. The van der Waals surface area contributed by atoms with Crippen molar-refractivity contribution in [1.82, 2.24) is 5.43 Å². The Labute approximate surface area is 109 Å². The summed E-state index contributed by atoms with van der Waals surface area (Å²) >= 11 is 0. The largest absolute Gasteiger partial charge is 0.271 e. The van der Waals surface area contributed by atoms with Crippen LogP contribution in [0.5, 0.6) is 0 Å². The molecule has 1 atom stereocenters. The van der Waals surface area contributed by atoms with Gasteiger partial charge in [-0.3, -0.25) is 11.3 Å². The van der Waals surface area contributed by atoms with Gasteiger partial charge >= 0.3 is 0 Å². The van der Waals surface area contributed by atoms with E-state index in [1.54, 1.807) is 6.07 Å². The number of aryl methyl sites for hydroxylation is 1. The van der Waals surface area contributed by atoms with Crippen molar-refractivity contribution in [2.75, 3.05) is 0 Å². The summed E-state index contributed by atoms with van der Waals surface area (Å²) in [6.07, 6.45) is 7.71. The summed E-state index contributed by atoms with van der Waals surface area (Å²) in [6, 6.07) is 5.11. The smallest absolute Gasteiger partial charge is 0.123 e. The molecule has 1 aliphatic rings. The van der Waals surface area contributed by atoms with Crippen LogP contribution in [0, 0.1) is 18.7 Å². The lowest BCUT2D eigenvalue weighted by Crippen LogP contribution is -2.30. The lowest BCUT2D eigenvalue weighted by Gasteiger charge is -2.27. The van der Waals surface area contributed by atoms with E-state index in [0.29, 0.717) is 0 Å². The SMILES string of the molecule is Cc1cc(F)ccc1C(CC1CCCCC1)NN. The fourth-order valence-corrected chi connectivity index (χ4v) is 3.07. The van der Waals surface area contributed by atoms with Crippen LogP contribution in [0.3, 0.4) is 0 Å². The van der Waals surface area contributed by atoms with E-state index in [1.165, 1.54) is 38.2 Å². The lowest BCUT2D eigenvalue weighted by atomic mass is 9.83. The number of nitrogens with two attached hydrogens (primary N) is 1. The first-order valence-electron chi connectivity index (χ1n) is 6.93. The van der Waals surface area contributed by atoms with Crippen LogP contribution in [-0.4, -0.2) is 0 Å². The third-order valence-electron chi connectivity index (χ3n) is 4.10. The normalized spacial score (nSPS) is 18.8. The van der Waals surface area contributed by atoms with E-state index >= 15 is 0 Å². The molecule has 0 radical (unpaired) electrons. The number of halogens is 1. The Morgan fingerprint density at radius 1 is 1.33 bits per heavy atom. The topological polar surface area (TPSA) is 38.0 Å². The molecule has 2 rings (SSSR count). The standard InChI is InChI=1S/C15H23FN2/c1-11-9-13(16)7-8-14(11)15(18-17)10-12-5-3-2-4-6-12/h7-9,12,15,18H,2-6,10,17H2,1H3. The van der Waals surface area contributed by atoms with Gasteiger partial charge in [0.05, 0.1) is 0 Å². The van der Waals surface area contributed by atoms with Gasteiger partial charge in [0.25, 0.3) is 0 Å². The monoisotopic (exact) mass is 250 g/mol. The molecule has 0 heterocycles. The van der Waals surface area contributed by atoms with E-state index in [2.05, 4.69) is 5.43 Å². The van der Waals surface area contributed by atoms with Crippen LogP contribution < -0.4 is 11.3 Å². The van der Waals surface area contributed by atoms with Crippen molar-refractivity contribution >= 4 is 0 Å². The minimum atomic E-state index is -0.176. The van der Waals surface area contributed by atoms with Gasteiger partial charge in [-0.25, -0.2) is 4.39 Å². The highest BCUT2D eigenvalue weighted by molar-refractivity contribution is 5.29.